The molecule has 0 bridgehead atoms. The minimum atomic E-state index is -3.46. The molecule has 0 atom stereocenters. The van der Waals surface area contributed by atoms with Crippen LogP contribution >= 0.6 is 0 Å². The van der Waals surface area contributed by atoms with Gasteiger partial charge in [0.15, 0.2) is 0 Å². The Labute approximate surface area is 122 Å². The Morgan fingerprint density at radius 1 is 1.24 bits per heavy atom. The molecule has 0 saturated carbocycles. The molecule has 0 unspecified atom stereocenters. The summed E-state index contributed by atoms with van der Waals surface area (Å²) in [6.07, 6.45) is 8.59. The fraction of sp³-hybridized carbons (Fsp3) is 0.417. The van der Waals surface area contributed by atoms with E-state index in [0.29, 0.717) is 31.8 Å². The molecule has 0 amide bonds. The summed E-state index contributed by atoms with van der Waals surface area (Å²) in [7, 11) is -3.46. The monoisotopic (exact) mass is 309 g/mol. The molecule has 21 heavy (non-hydrogen) atoms. The van der Waals surface area contributed by atoms with Crippen molar-refractivity contribution in [1.82, 2.24) is 24.5 Å². The average Bonchev–Trinajstić information content (AvgIpc) is 3.04. The Balaban J connectivity index is 1.61. The van der Waals surface area contributed by atoms with Crippen LogP contribution in [-0.2, 0) is 10.0 Å². The third-order valence-electron chi connectivity index (χ3n) is 3.34. The van der Waals surface area contributed by atoms with E-state index in [2.05, 4.69) is 20.2 Å². The van der Waals surface area contributed by atoms with Crippen molar-refractivity contribution in [3.8, 4) is 5.88 Å². The van der Waals surface area contributed by atoms with Gasteiger partial charge in [0.25, 0.3) is 0 Å². The highest BCUT2D eigenvalue weighted by molar-refractivity contribution is 7.89. The molecule has 0 spiro atoms. The molecule has 0 aromatic carbocycles. The van der Waals surface area contributed by atoms with Crippen molar-refractivity contribution in [2.75, 3.05) is 13.1 Å². The van der Waals surface area contributed by atoms with E-state index in [1.165, 1.54) is 16.7 Å². The molecule has 2 aromatic heterocycles. The van der Waals surface area contributed by atoms with Crippen LogP contribution in [0.15, 0.2) is 35.9 Å². The summed E-state index contributed by atoms with van der Waals surface area (Å²) in [5, 5.41) is 6.20. The number of aromatic amines is 1. The number of nitrogens with one attached hydrogen (secondary N) is 1. The number of ether oxygens (including phenoxy) is 1. The van der Waals surface area contributed by atoms with Gasteiger partial charge in [-0.15, -0.1) is 0 Å². The van der Waals surface area contributed by atoms with Gasteiger partial charge in [-0.3, -0.25) is 10.1 Å². The van der Waals surface area contributed by atoms with Crippen molar-refractivity contribution in [3.05, 3.63) is 31.0 Å². The maximum atomic E-state index is 12.3. The molecular formula is C12H15N5O3S. The van der Waals surface area contributed by atoms with Crippen LogP contribution in [0.1, 0.15) is 12.8 Å². The molecule has 2 aromatic rings. The van der Waals surface area contributed by atoms with Crippen molar-refractivity contribution in [3.63, 3.8) is 0 Å². The van der Waals surface area contributed by atoms with Gasteiger partial charge >= 0.3 is 0 Å². The van der Waals surface area contributed by atoms with Crippen LogP contribution < -0.4 is 4.74 Å². The highest BCUT2D eigenvalue weighted by Crippen LogP contribution is 2.22. The van der Waals surface area contributed by atoms with Crippen LogP contribution in [-0.4, -0.2) is 52.1 Å². The second-order valence-electron chi connectivity index (χ2n) is 4.70. The third kappa shape index (κ3) is 3.03. The van der Waals surface area contributed by atoms with E-state index in [1.54, 1.807) is 18.6 Å². The third-order valence-corrected chi connectivity index (χ3v) is 5.20. The first kappa shape index (κ1) is 14.0. The van der Waals surface area contributed by atoms with Gasteiger partial charge in [0.2, 0.25) is 15.9 Å². The van der Waals surface area contributed by atoms with Crippen LogP contribution in [0.2, 0.25) is 0 Å². The van der Waals surface area contributed by atoms with Gasteiger partial charge in [-0.1, -0.05) is 0 Å². The maximum Gasteiger partial charge on any atom is 0.246 e. The minimum Gasteiger partial charge on any atom is -0.473 e. The summed E-state index contributed by atoms with van der Waals surface area (Å²) >= 11 is 0. The van der Waals surface area contributed by atoms with Gasteiger partial charge < -0.3 is 4.74 Å². The Morgan fingerprint density at radius 2 is 2.05 bits per heavy atom. The van der Waals surface area contributed by atoms with Crippen molar-refractivity contribution in [1.29, 1.82) is 0 Å². The molecule has 112 valence electrons. The SMILES string of the molecule is O=S(=O)(c1cn[nH]c1)N1CCC(Oc2cnccn2)CC1. The van der Waals surface area contributed by atoms with Crippen molar-refractivity contribution >= 4 is 10.0 Å². The molecule has 3 rings (SSSR count). The average molecular weight is 309 g/mol. The summed E-state index contributed by atoms with van der Waals surface area (Å²) in [5.74, 6) is 0.466. The van der Waals surface area contributed by atoms with E-state index in [0.717, 1.165) is 0 Å². The van der Waals surface area contributed by atoms with E-state index >= 15 is 0 Å². The lowest BCUT2D eigenvalue weighted by molar-refractivity contribution is 0.129. The topological polar surface area (TPSA) is 101 Å². The van der Waals surface area contributed by atoms with Crippen LogP contribution in [0.3, 0.4) is 0 Å². The molecule has 8 nitrogen and oxygen atoms in total. The van der Waals surface area contributed by atoms with Crippen molar-refractivity contribution in [2.45, 2.75) is 23.8 Å². The lowest BCUT2D eigenvalue weighted by Gasteiger charge is -2.30. The lowest BCUT2D eigenvalue weighted by Crippen LogP contribution is -2.41. The predicted octanol–water partition coefficient (Wildman–Crippen LogP) is 0.432. The highest BCUT2D eigenvalue weighted by atomic mass is 32.2. The molecule has 1 aliphatic heterocycles. The first-order valence-electron chi connectivity index (χ1n) is 6.58. The van der Waals surface area contributed by atoms with Crippen LogP contribution in [0.25, 0.3) is 0 Å². The van der Waals surface area contributed by atoms with Crippen LogP contribution in [0.5, 0.6) is 5.88 Å². The zero-order chi connectivity index (χ0) is 14.7. The number of aromatic nitrogens is 4. The number of hydrogen-bond acceptors (Lipinski definition) is 6. The highest BCUT2D eigenvalue weighted by Gasteiger charge is 2.30. The summed E-state index contributed by atoms with van der Waals surface area (Å²) < 4.78 is 31.8. The summed E-state index contributed by atoms with van der Waals surface area (Å²) in [5.41, 5.74) is 0. The normalized spacial score (nSPS) is 17.7. The second kappa shape index (κ2) is 5.78. The number of piperidine rings is 1. The van der Waals surface area contributed by atoms with Crippen molar-refractivity contribution in [2.24, 2.45) is 0 Å². The van der Waals surface area contributed by atoms with E-state index in [1.807, 2.05) is 0 Å². The molecule has 1 N–H and O–H groups in total. The molecule has 0 aliphatic carbocycles. The molecule has 1 fully saturated rings. The fourth-order valence-corrected chi connectivity index (χ4v) is 3.61. The van der Waals surface area contributed by atoms with Gasteiger partial charge in [0.1, 0.15) is 11.0 Å². The molecule has 3 heterocycles. The Bertz CT molecular complexity index is 666. The fourth-order valence-electron chi connectivity index (χ4n) is 2.24. The van der Waals surface area contributed by atoms with Crippen molar-refractivity contribution < 1.29 is 13.2 Å². The first-order valence-corrected chi connectivity index (χ1v) is 8.02. The van der Waals surface area contributed by atoms with E-state index in [-0.39, 0.29) is 11.0 Å². The second-order valence-corrected chi connectivity index (χ2v) is 6.64. The Hall–Kier alpha value is -2.00. The summed E-state index contributed by atoms with van der Waals surface area (Å²) in [4.78, 5) is 8.18. The number of rotatable bonds is 4. The number of sulfonamides is 1. The van der Waals surface area contributed by atoms with Gasteiger partial charge in [0, 0.05) is 31.7 Å². The molecule has 1 saturated heterocycles. The quantitative estimate of drug-likeness (QED) is 0.879. The van der Waals surface area contributed by atoms with Crippen LogP contribution in [0.4, 0.5) is 0 Å². The van der Waals surface area contributed by atoms with E-state index in [4.69, 9.17) is 4.74 Å². The molecule has 1 aliphatic rings. The number of hydrogen-bond donors (Lipinski definition) is 1. The van der Waals surface area contributed by atoms with Gasteiger partial charge in [-0.05, 0) is 12.8 Å². The smallest absolute Gasteiger partial charge is 0.246 e. The van der Waals surface area contributed by atoms with Gasteiger partial charge in [-0.2, -0.15) is 9.40 Å². The zero-order valence-corrected chi connectivity index (χ0v) is 12.0. The zero-order valence-electron chi connectivity index (χ0n) is 11.2. The first-order chi connectivity index (χ1) is 10.2. The number of nitrogens with zero attached hydrogens (tertiary/aromatic N) is 4. The van der Waals surface area contributed by atoms with E-state index < -0.39 is 10.0 Å². The maximum absolute atomic E-state index is 12.3. The van der Waals surface area contributed by atoms with E-state index in [9.17, 15) is 8.42 Å². The summed E-state index contributed by atoms with van der Waals surface area (Å²) in [6.45, 7) is 0.830. The lowest BCUT2D eigenvalue weighted by atomic mass is 10.1. The van der Waals surface area contributed by atoms with Gasteiger partial charge in [-0.25, -0.2) is 13.4 Å². The Morgan fingerprint density at radius 3 is 2.67 bits per heavy atom. The van der Waals surface area contributed by atoms with Crippen LogP contribution in [0, 0.1) is 0 Å². The number of H-pyrrole nitrogens is 1. The predicted molar refractivity (Wildman–Crippen MR) is 73.0 cm³/mol. The molecule has 9 heteroatoms. The largest absolute Gasteiger partial charge is 0.473 e. The minimum absolute atomic E-state index is 0.0440. The Kier molecular flexibility index (Phi) is 3.84. The molecular weight excluding hydrogens is 294 g/mol. The summed E-state index contributed by atoms with van der Waals surface area (Å²) in [6, 6.07) is 0. The van der Waals surface area contributed by atoms with Gasteiger partial charge in [0.05, 0.1) is 12.4 Å². The molecule has 0 radical (unpaired) electrons. The standard InChI is InChI=1S/C12H15N5O3S/c18-21(19,11-7-15-16-8-11)17-5-1-10(2-6-17)20-12-9-13-3-4-14-12/h3-4,7-10H,1-2,5-6H2,(H,15,16).